The van der Waals surface area contributed by atoms with Crippen LogP contribution in [0.15, 0.2) is 24.3 Å². The van der Waals surface area contributed by atoms with Crippen LogP contribution >= 0.6 is 23.5 Å². The minimum absolute atomic E-state index is 0.0875. The molecule has 1 aromatic rings. The molecule has 7 nitrogen and oxygen atoms in total. The Bertz CT molecular complexity index is 1300. The van der Waals surface area contributed by atoms with Crippen LogP contribution in [0.1, 0.15) is 112 Å². The maximum absolute atomic E-state index is 14.0. The number of unbranched alkanes of at least 4 members (excludes halogenated alkanes) is 2. The van der Waals surface area contributed by atoms with Crippen LogP contribution in [0.2, 0.25) is 0 Å². The van der Waals surface area contributed by atoms with E-state index >= 15 is 0 Å². The lowest BCUT2D eigenvalue weighted by molar-refractivity contribution is -0.124. The Kier molecular flexibility index (Phi) is 16.4. The highest BCUT2D eigenvalue weighted by Crippen LogP contribution is 2.48. The molecule has 1 aliphatic carbocycles. The number of benzene rings is 1. The molecule has 286 valence electrons. The van der Waals surface area contributed by atoms with Crippen LogP contribution in [0.5, 0.6) is 0 Å². The second-order valence-corrected chi connectivity index (χ2v) is 19.1. The van der Waals surface area contributed by atoms with Gasteiger partial charge in [-0.2, -0.15) is 23.5 Å². The van der Waals surface area contributed by atoms with Crippen molar-refractivity contribution in [1.29, 1.82) is 0 Å². The molecule has 3 aliphatic rings. The van der Waals surface area contributed by atoms with Gasteiger partial charge in [0.05, 0.1) is 35.0 Å². The maximum atomic E-state index is 14.0. The molecule has 9 heteroatoms. The van der Waals surface area contributed by atoms with Crippen molar-refractivity contribution in [3.8, 4) is 0 Å². The summed E-state index contributed by atoms with van der Waals surface area (Å²) >= 11 is 3.80. The number of nitrogens with zero attached hydrogens (tertiary/aromatic N) is 3. The molecule has 51 heavy (non-hydrogen) atoms. The highest BCUT2D eigenvalue weighted by molar-refractivity contribution is 7.99. The normalized spacial score (nSPS) is 26.5. The Labute approximate surface area is 318 Å². The number of imide groups is 2. The van der Waals surface area contributed by atoms with Gasteiger partial charge >= 0.3 is 0 Å². The van der Waals surface area contributed by atoms with E-state index in [1.807, 2.05) is 23.5 Å². The van der Waals surface area contributed by atoms with Gasteiger partial charge in [0.1, 0.15) is 0 Å². The van der Waals surface area contributed by atoms with E-state index in [9.17, 15) is 19.2 Å². The number of rotatable bonds is 21. The van der Waals surface area contributed by atoms with E-state index in [-0.39, 0.29) is 47.3 Å². The quantitative estimate of drug-likeness (QED) is 0.0919. The average Bonchev–Trinajstić information content (AvgIpc) is 3.47. The summed E-state index contributed by atoms with van der Waals surface area (Å²) < 4.78 is 0. The zero-order valence-corrected chi connectivity index (χ0v) is 34.5. The van der Waals surface area contributed by atoms with Gasteiger partial charge in [-0.05, 0) is 106 Å². The zero-order valence-electron chi connectivity index (χ0n) is 32.9. The minimum atomic E-state index is -0.321. The molecular formula is C42H67N3O4S2. The van der Waals surface area contributed by atoms with Gasteiger partial charge in [0.25, 0.3) is 0 Å². The van der Waals surface area contributed by atoms with Crippen LogP contribution in [0.25, 0.3) is 0 Å². The lowest BCUT2D eigenvalue weighted by Gasteiger charge is -2.36. The summed E-state index contributed by atoms with van der Waals surface area (Å²) in [5, 5.41) is 0.401. The first-order valence-electron chi connectivity index (χ1n) is 20.1. The number of carbonyl (C=O) groups is 4. The SMILES string of the molecule is CCCCCC(C)CC1C(=O)N(c2ccc(N3C(=O)C4CC(CCCC(C)C(C)C)C(SCC)CC4C3=O)cc2)C(=O)C1CCSCCN(C)C. The fourth-order valence-corrected chi connectivity index (χ4v) is 10.9. The van der Waals surface area contributed by atoms with Crippen molar-refractivity contribution in [2.24, 2.45) is 47.3 Å². The second kappa shape index (κ2) is 20.0. The van der Waals surface area contributed by atoms with E-state index in [1.165, 1.54) is 22.6 Å². The number of thioether (sulfide) groups is 2. The van der Waals surface area contributed by atoms with E-state index in [0.29, 0.717) is 46.7 Å². The summed E-state index contributed by atoms with van der Waals surface area (Å²) in [5.74, 6) is 3.46. The summed E-state index contributed by atoms with van der Waals surface area (Å²) in [4.78, 5) is 60.8. The lowest BCUT2D eigenvalue weighted by Crippen LogP contribution is -2.35. The molecule has 8 atom stereocenters. The number of hydrogen-bond acceptors (Lipinski definition) is 7. The third-order valence-corrected chi connectivity index (χ3v) is 14.4. The Balaban J connectivity index is 1.47. The molecule has 2 aliphatic heterocycles. The summed E-state index contributed by atoms with van der Waals surface area (Å²) in [5.41, 5.74) is 1.07. The van der Waals surface area contributed by atoms with Crippen molar-refractivity contribution in [1.82, 2.24) is 4.90 Å². The number of fused-ring (bicyclic) bond motifs is 1. The Morgan fingerprint density at radius 3 is 1.94 bits per heavy atom. The van der Waals surface area contributed by atoms with Crippen molar-refractivity contribution < 1.29 is 19.2 Å². The van der Waals surface area contributed by atoms with Crippen LogP contribution in [-0.4, -0.2) is 71.7 Å². The second-order valence-electron chi connectivity index (χ2n) is 16.4. The standard InChI is InChI=1S/C42H67N3O4S2/c1-9-11-12-14-29(5)25-35-34(21-23-50-24-22-43(7)8)39(46)44(40(35)47)32-17-19-33(20-18-32)45-41(48)36-26-31(16-13-15-30(6)28(3)4)38(51-10-2)27-37(36)42(45)49/h17-20,28-31,34-38H,9-16,21-27H2,1-8H3. The van der Waals surface area contributed by atoms with E-state index in [0.717, 1.165) is 75.2 Å². The Hall–Kier alpha value is -1.84. The van der Waals surface area contributed by atoms with Crippen molar-refractivity contribution >= 4 is 58.5 Å². The molecule has 0 N–H and O–H groups in total. The van der Waals surface area contributed by atoms with Crippen LogP contribution in [0, 0.1) is 47.3 Å². The van der Waals surface area contributed by atoms with Crippen LogP contribution in [-0.2, 0) is 19.2 Å². The molecule has 0 aromatic heterocycles. The number of carbonyl (C=O) groups excluding carboxylic acids is 4. The van der Waals surface area contributed by atoms with Crippen LogP contribution < -0.4 is 9.80 Å². The molecular weight excluding hydrogens is 675 g/mol. The Morgan fingerprint density at radius 1 is 0.745 bits per heavy atom. The maximum Gasteiger partial charge on any atom is 0.237 e. The first kappa shape index (κ1) is 41.9. The first-order valence-corrected chi connectivity index (χ1v) is 22.3. The van der Waals surface area contributed by atoms with Crippen LogP contribution in [0.4, 0.5) is 11.4 Å². The summed E-state index contributed by atoms with van der Waals surface area (Å²) in [6.07, 6.45) is 11.0. The van der Waals surface area contributed by atoms with Gasteiger partial charge in [0.15, 0.2) is 0 Å². The van der Waals surface area contributed by atoms with Crippen molar-refractivity contribution in [2.75, 3.05) is 47.7 Å². The molecule has 2 saturated heterocycles. The molecule has 0 spiro atoms. The smallest absolute Gasteiger partial charge is 0.237 e. The minimum Gasteiger partial charge on any atom is -0.309 e. The molecule has 0 radical (unpaired) electrons. The number of anilines is 2. The van der Waals surface area contributed by atoms with Crippen LogP contribution in [0.3, 0.4) is 0 Å². The molecule has 1 aromatic carbocycles. The van der Waals surface area contributed by atoms with E-state index < -0.39 is 0 Å². The van der Waals surface area contributed by atoms with Crippen molar-refractivity contribution in [3.05, 3.63) is 24.3 Å². The summed E-state index contributed by atoms with van der Waals surface area (Å²) in [7, 11) is 4.13. The highest BCUT2D eigenvalue weighted by Gasteiger charge is 2.53. The third kappa shape index (κ3) is 10.6. The van der Waals surface area contributed by atoms with Gasteiger partial charge in [-0.25, -0.2) is 0 Å². The Morgan fingerprint density at radius 2 is 1.35 bits per heavy atom. The fraction of sp³-hybridized carbons (Fsp3) is 0.762. The summed E-state index contributed by atoms with van der Waals surface area (Å²) in [6, 6.07) is 7.05. The molecule has 2 heterocycles. The molecule has 3 fully saturated rings. The first-order chi connectivity index (χ1) is 24.4. The lowest BCUT2D eigenvalue weighted by atomic mass is 9.73. The van der Waals surface area contributed by atoms with E-state index in [4.69, 9.17) is 0 Å². The van der Waals surface area contributed by atoms with Gasteiger partial charge in [-0.15, -0.1) is 0 Å². The average molecular weight is 742 g/mol. The molecule has 4 rings (SSSR count). The van der Waals surface area contributed by atoms with E-state index in [1.54, 1.807) is 24.3 Å². The molecule has 4 amide bonds. The van der Waals surface area contributed by atoms with Gasteiger partial charge in [-0.3, -0.25) is 29.0 Å². The third-order valence-electron chi connectivity index (χ3n) is 12.0. The number of amides is 4. The number of hydrogen-bond donors (Lipinski definition) is 0. The monoisotopic (exact) mass is 741 g/mol. The highest BCUT2D eigenvalue weighted by atomic mass is 32.2. The summed E-state index contributed by atoms with van der Waals surface area (Å²) in [6.45, 7) is 14.5. The van der Waals surface area contributed by atoms with Gasteiger partial charge in [0, 0.05) is 17.5 Å². The molecule has 1 saturated carbocycles. The fourth-order valence-electron chi connectivity index (χ4n) is 8.48. The van der Waals surface area contributed by atoms with E-state index in [2.05, 4.69) is 60.5 Å². The molecule has 0 bridgehead atoms. The van der Waals surface area contributed by atoms with Crippen molar-refractivity contribution in [2.45, 2.75) is 117 Å². The molecule has 8 unspecified atom stereocenters. The van der Waals surface area contributed by atoms with Gasteiger partial charge in [-0.1, -0.05) is 80.1 Å². The topological polar surface area (TPSA) is 78.0 Å². The zero-order chi connectivity index (χ0) is 37.2. The predicted octanol–water partition coefficient (Wildman–Crippen LogP) is 9.18. The van der Waals surface area contributed by atoms with Gasteiger partial charge in [0.2, 0.25) is 23.6 Å². The largest absolute Gasteiger partial charge is 0.309 e. The predicted molar refractivity (Wildman–Crippen MR) is 216 cm³/mol. The van der Waals surface area contributed by atoms with Crippen molar-refractivity contribution in [3.63, 3.8) is 0 Å². The van der Waals surface area contributed by atoms with Gasteiger partial charge < -0.3 is 4.90 Å².